The van der Waals surface area contributed by atoms with Gasteiger partial charge in [-0.3, -0.25) is 0 Å². The number of benzene rings is 1. The molecule has 0 saturated carbocycles. The molecular formula is C9H5FO4. The minimum Gasteiger partial charge on any atom is -0.508 e. The molecular weight excluding hydrogens is 191 g/mol. The highest BCUT2D eigenvalue weighted by atomic mass is 19.1. The fourth-order valence-corrected chi connectivity index (χ4v) is 1.16. The molecule has 4 nitrogen and oxygen atoms in total. The van der Waals surface area contributed by atoms with E-state index in [0.717, 1.165) is 18.2 Å². The van der Waals surface area contributed by atoms with Gasteiger partial charge < -0.3 is 14.6 Å². The Morgan fingerprint density at radius 3 is 2.64 bits per heavy atom. The van der Waals surface area contributed by atoms with Crippen molar-refractivity contribution in [2.24, 2.45) is 0 Å². The molecule has 14 heavy (non-hydrogen) atoms. The largest absolute Gasteiger partial charge is 0.508 e. The van der Waals surface area contributed by atoms with Gasteiger partial charge >= 0.3 is 5.63 Å². The SMILES string of the molecule is O=c1oc2cc(O)cc(O)c2cc1F. The molecule has 0 saturated heterocycles. The third-order valence-corrected chi connectivity index (χ3v) is 1.77. The fourth-order valence-electron chi connectivity index (χ4n) is 1.16. The highest BCUT2D eigenvalue weighted by molar-refractivity contribution is 5.84. The summed E-state index contributed by atoms with van der Waals surface area (Å²) in [6.07, 6.45) is 0. The Bertz CT molecular complexity index is 558. The second kappa shape index (κ2) is 2.73. The summed E-state index contributed by atoms with van der Waals surface area (Å²) in [5.74, 6) is -1.69. The van der Waals surface area contributed by atoms with E-state index in [1.54, 1.807) is 0 Å². The second-order valence-electron chi connectivity index (χ2n) is 2.76. The Balaban J connectivity index is 2.96. The van der Waals surface area contributed by atoms with Crippen molar-refractivity contribution in [1.82, 2.24) is 0 Å². The molecule has 0 radical (unpaired) electrons. The molecule has 0 amide bonds. The van der Waals surface area contributed by atoms with Crippen molar-refractivity contribution in [2.45, 2.75) is 0 Å². The summed E-state index contributed by atoms with van der Waals surface area (Å²) < 4.78 is 17.3. The maximum absolute atomic E-state index is 12.7. The summed E-state index contributed by atoms with van der Waals surface area (Å²) >= 11 is 0. The lowest BCUT2D eigenvalue weighted by molar-refractivity contribution is 0.445. The molecule has 5 heteroatoms. The predicted octanol–water partition coefficient (Wildman–Crippen LogP) is 1.34. The normalized spacial score (nSPS) is 10.6. The summed E-state index contributed by atoms with van der Waals surface area (Å²) in [6.45, 7) is 0. The third kappa shape index (κ3) is 1.19. The van der Waals surface area contributed by atoms with Crippen molar-refractivity contribution in [3.05, 3.63) is 34.4 Å². The first kappa shape index (κ1) is 8.55. The first-order chi connectivity index (χ1) is 6.58. The first-order valence-corrected chi connectivity index (χ1v) is 3.73. The van der Waals surface area contributed by atoms with Gasteiger partial charge in [0, 0.05) is 12.1 Å². The maximum atomic E-state index is 12.7. The Hall–Kier alpha value is -2.04. The average Bonchev–Trinajstić information content (AvgIpc) is 2.08. The number of fused-ring (bicyclic) bond motifs is 1. The lowest BCUT2D eigenvalue weighted by Gasteiger charge is -2.00. The lowest BCUT2D eigenvalue weighted by Crippen LogP contribution is -2.03. The number of rotatable bonds is 0. The van der Waals surface area contributed by atoms with E-state index < -0.39 is 11.4 Å². The van der Waals surface area contributed by atoms with Gasteiger partial charge in [-0.2, -0.15) is 4.39 Å². The van der Waals surface area contributed by atoms with E-state index in [0.29, 0.717) is 0 Å². The first-order valence-electron chi connectivity index (χ1n) is 3.73. The fraction of sp³-hybridized carbons (Fsp3) is 0. The number of phenols is 2. The zero-order chi connectivity index (χ0) is 10.3. The number of halogens is 1. The van der Waals surface area contributed by atoms with Crippen molar-refractivity contribution in [1.29, 1.82) is 0 Å². The molecule has 2 rings (SSSR count). The number of hydrogen-bond acceptors (Lipinski definition) is 4. The smallest absolute Gasteiger partial charge is 0.372 e. The van der Waals surface area contributed by atoms with Crippen molar-refractivity contribution in [3.63, 3.8) is 0 Å². The summed E-state index contributed by atoms with van der Waals surface area (Å²) in [5, 5.41) is 18.4. The van der Waals surface area contributed by atoms with E-state index >= 15 is 0 Å². The van der Waals surface area contributed by atoms with Crippen LogP contribution in [0.15, 0.2) is 27.4 Å². The molecule has 2 aromatic rings. The van der Waals surface area contributed by atoms with E-state index in [2.05, 4.69) is 4.42 Å². The molecule has 0 bridgehead atoms. The van der Waals surface area contributed by atoms with Crippen LogP contribution in [0.4, 0.5) is 4.39 Å². The van der Waals surface area contributed by atoms with Gasteiger partial charge in [-0.1, -0.05) is 0 Å². The van der Waals surface area contributed by atoms with E-state index in [-0.39, 0.29) is 22.5 Å². The summed E-state index contributed by atoms with van der Waals surface area (Å²) in [5.41, 5.74) is -1.20. The third-order valence-electron chi connectivity index (χ3n) is 1.77. The predicted molar refractivity (Wildman–Crippen MR) is 45.8 cm³/mol. The van der Waals surface area contributed by atoms with Crippen LogP contribution in [0.25, 0.3) is 11.0 Å². The maximum Gasteiger partial charge on any atom is 0.372 e. The summed E-state index contributed by atoms with van der Waals surface area (Å²) in [6, 6.07) is 3.01. The molecule has 0 unspecified atom stereocenters. The lowest BCUT2D eigenvalue weighted by atomic mass is 10.2. The van der Waals surface area contributed by atoms with Gasteiger partial charge in [0.15, 0.2) is 0 Å². The Morgan fingerprint density at radius 2 is 1.93 bits per heavy atom. The van der Waals surface area contributed by atoms with Crippen molar-refractivity contribution < 1.29 is 19.0 Å². The molecule has 72 valence electrons. The van der Waals surface area contributed by atoms with Crippen molar-refractivity contribution in [3.8, 4) is 11.5 Å². The standard InChI is InChI=1S/C9H5FO4/c10-6-3-5-7(12)1-4(11)2-8(5)14-9(6)13/h1-3,11-12H. The monoisotopic (exact) mass is 196 g/mol. The van der Waals surface area contributed by atoms with Crippen LogP contribution in [0.5, 0.6) is 11.5 Å². The van der Waals surface area contributed by atoms with E-state index in [1.165, 1.54) is 0 Å². The molecule has 1 heterocycles. The molecule has 0 aliphatic carbocycles. The molecule has 0 atom stereocenters. The van der Waals surface area contributed by atoms with Gasteiger partial charge in [-0.25, -0.2) is 4.79 Å². The topological polar surface area (TPSA) is 70.7 Å². The van der Waals surface area contributed by atoms with Crippen LogP contribution in [0, 0.1) is 5.82 Å². The number of aromatic hydroxyl groups is 2. The molecule has 2 N–H and O–H groups in total. The minimum atomic E-state index is -1.14. The van der Waals surface area contributed by atoms with Gasteiger partial charge in [0.1, 0.15) is 17.1 Å². The van der Waals surface area contributed by atoms with Crippen molar-refractivity contribution in [2.75, 3.05) is 0 Å². The van der Waals surface area contributed by atoms with Crippen LogP contribution < -0.4 is 5.63 Å². The van der Waals surface area contributed by atoms with Crippen LogP contribution in [0.3, 0.4) is 0 Å². The molecule has 1 aromatic heterocycles. The zero-order valence-electron chi connectivity index (χ0n) is 6.82. The Labute approximate surface area is 76.8 Å². The van der Waals surface area contributed by atoms with Crippen LogP contribution in [0.2, 0.25) is 0 Å². The molecule has 0 fully saturated rings. The van der Waals surface area contributed by atoms with Crippen LogP contribution >= 0.6 is 0 Å². The van der Waals surface area contributed by atoms with Crippen molar-refractivity contribution >= 4 is 11.0 Å². The Morgan fingerprint density at radius 1 is 1.21 bits per heavy atom. The van der Waals surface area contributed by atoms with Gasteiger partial charge in [0.25, 0.3) is 0 Å². The number of hydrogen-bond donors (Lipinski definition) is 2. The summed E-state index contributed by atoms with van der Waals surface area (Å²) in [4.78, 5) is 10.8. The average molecular weight is 196 g/mol. The molecule has 1 aromatic carbocycles. The van der Waals surface area contributed by atoms with Crippen LogP contribution in [0.1, 0.15) is 0 Å². The quantitative estimate of drug-likeness (QED) is 0.624. The zero-order valence-corrected chi connectivity index (χ0v) is 6.82. The Kier molecular flexibility index (Phi) is 1.67. The van der Waals surface area contributed by atoms with Crippen LogP contribution in [-0.4, -0.2) is 10.2 Å². The van der Waals surface area contributed by atoms with Crippen LogP contribution in [-0.2, 0) is 0 Å². The minimum absolute atomic E-state index is 0.0416. The highest BCUT2D eigenvalue weighted by Crippen LogP contribution is 2.28. The van der Waals surface area contributed by atoms with E-state index in [9.17, 15) is 14.3 Å². The van der Waals surface area contributed by atoms with Gasteiger partial charge in [-0.15, -0.1) is 0 Å². The molecule has 0 aliphatic rings. The van der Waals surface area contributed by atoms with Gasteiger partial charge in [0.2, 0.25) is 5.82 Å². The van der Waals surface area contributed by atoms with E-state index in [4.69, 9.17) is 5.11 Å². The molecule has 0 aliphatic heterocycles. The highest BCUT2D eigenvalue weighted by Gasteiger charge is 2.09. The van der Waals surface area contributed by atoms with E-state index in [1.807, 2.05) is 0 Å². The molecule has 0 spiro atoms. The van der Waals surface area contributed by atoms with Gasteiger partial charge in [0.05, 0.1) is 5.39 Å². The van der Waals surface area contributed by atoms with Gasteiger partial charge in [-0.05, 0) is 6.07 Å². The second-order valence-corrected chi connectivity index (χ2v) is 2.76. The number of phenolic OH excluding ortho intramolecular Hbond substituents is 2. The summed E-state index contributed by atoms with van der Waals surface area (Å²) in [7, 11) is 0.